The van der Waals surface area contributed by atoms with Crippen molar-refractivity contribution >= 4 is 21.7 Å². The zero-order chi connectivity index (χ0) is 19.6. The van der Waals surface area contributed by atoms with Crippen LogP contribution in [0.15, 0.2) is 18.2 Å². The summed E-state index contributed by atoms with van der Waals surface area (Å²) in [5.74, 6) is 0.0945. The van der Waals surface area contributed by atoms with Gasteiger partial charge in [-0.05, 0) is 30.9 Å². The van der Waals surface area contributed by atoms with E-state index in [2.05, 4.69) is 5.32 Å². The molecule has 8 nitrogen and oxygen atoms in total. The van der Waals surface area contributed by atoms with Gasteiger partial charge >= 0.3 is 0 Å². The number of piperidine rings is 1. The van der Waals surface area contributed by atoms with Crippen LogP contribution in [0.1, 0.15) is 35.2 Å². The number of nitrogens with two attached hydrogens (primary N) is 1. The summed E-state index contributed by atoms with van der Waals surface area (Å²) in [6.07, 6.45) is 2.26. The van der Waals surface area contributed by atoms with Crippen LogP contribution in [-0.2, 0) is 21.4 Å². The van der Waals surface area contributed by atoms with Crippen LogP contribution in [0, 0.1) is 5.92 Å². The number of carbonyl (C=O) groups excluding carboxylic acids is 2. The topological polar surface area (TPSA) is 119 Å². The lowest BCUT2D eigenvalue weighted by Gasteiger charge is -2.30. The molecule has 1 saturated heterocycles. The fourth-order valence-corrected chi connectivity index (χ4v) is 4.41. The van der Waals surface area contributed by atoms with Gasteiger partial charge in [0.05, 0.1) is 6.26 Å². The number of nitrogens with one attached hydrogen (secondary N) is 1. The molecule has 0 saturated carbocycles. The molecule has 2 aliphatic heterocycles. The average Bonchev–Trinajstić information content (AvgIpc) is 2.83. The van der Waals surface area contributed by atoms with Gasteiger partial charge in [0.15, 0.2) is 11.9 Å². The van der Waals surface area contributed by atoms with Crippen molar-refractivity contribution in [3.05, 3.63) is 29.3 Å². The third-order valence-electron chi connectivity index (χ3n) is 5.16. The van der Waals surface area contributed by atoms with Gasteiger partial charge in [0.2, 0.25) is 15.9 Å². The average molecular weight is 395 g/mol. The Bertz CT molecular complexity index is 831. The lowest BCUT2D eigenvalue weighted by atomic mass is 9.91. The predicted molar refractivity (Wildman–Crippen MR) is 99.8 cm³/mol. The first-order valence-electron chi connectivity index (χ1n) is 9.02. The summed E-state index contributed by atoms with van der Waals surface area (Å²) in [6, 6.07) is 5.00. The van der Waals surface area contributed by atoms with Crippen LogP contribution >= 0.6 is 0 Å². The SMILES string of the molecule is CS(=O)(=O)N1CCC(CC(=O)C2CNCc3ccc(C(N)=O)cc3O2)CC1. The van der Waals surface area contributed by atoms with Crippen LogP contribution in [0.5, 0.6) is 5.75 Å². The minimum absolute atomic E-state index is 0.0161. The number of fused-ring (bicyclic) bond motifs is 1. The highest BCUT2D eigenvalue weighted by atomic mass is 32.2. The molecule has 1 aromatic carbocycles. The summed E-state index contributed by atoms with van der Waals surface area (Å²) in [5, 5.41) is 3.20. The third kappa shape index (κ3) is 4.85. The van der Waals surface area contributed by atoms with Crippen molar-refractivity contribution in [1.82, 2.24) is 9.62 Å². The summed E-state index contributed by atoms with van der Waals surface area (Å²) < 4.78 is 30.5. The van der Waals surface area contributed by atoms with E-state index >= 15 is 0 Å². The molecule has 1 atom stereocenters. The standard InChI is InChI=1S/C18H25N3O5S/c1-27(24,25)21-6-4-12(5-7-21)8-15(22)17-11-20-10-14-3-2-13(18(19)23)9-16(14)26-17/h2-3,9,12,17,20H,4-8,10-11H2,1H3,(H2,19,23). The number of Topliss-reactive ketones (excluding diaryl/α,β-unsaturated/α-hetero) is 1. The van der Waals surface area contributed by atoms with E-state index in [0.717, 1.165) is 5.56 Å². The van der Waals surface area contributed by atoms with E-state index in [1.54, 1.807) is 18.2 Å². The van der Waals surface area contributed by atoms with E-state index in [0.29, 0.717) is 56.8 Å². The van der Waals surface area contributed by atoms with Crippen LogP contribution in [0.3, 0.4) is 0 Å². The lowest BCUT2D eigenvalue weighted by Crippen LogP contribution is -2.40. The minimum Gasteiger partial charge on any atom is -0.481 e. The molecule has 1 unspecified atom stereocenters. The van der Waals surface area contributed by atoms with Gasteiger partial charge in [-0.3, -0.25) is 9.59 Å². The molecule has 1 fully saturated rings. The van der Waals surface area contributed by atoms with Gasteiger partial charge in [-0.15, -0.1) is 0 Å². The summed E-state index contributed by atoms with van der Waals surface area (Å²) in [6.45, 7) is 1.84. The molecular formula is C18H25N3O5S. The number of hydrogen-bond acceptors (Lipinski definition) is 6. The van der Waals surface area contributed by atoms with E-state index in [1.807, 2.05) is 0 Å². The number of carbonyl (C=O) groups is 2. The molecule has 0 radical (unpaired) electrons. The molecule has 3 N–H and O–H groups in total. The number of primary amides is 1. The van der Waals surface area contributed by atoms with E-state index in [9.17, 15) is 18.0 Å². The third-order valence-corrected chi connectivity index (χ3v) is 6.46. The van der Waals surface area contributed by atoms with Gasteiger partial charge in [-0.25, -0.2) is 12.7 Å². The molecule has 0 aromatic heterocycles. The van der Waals surface area contributed by atoms with Gasteiger partial charge in [-0.1, -0.05) is 6.07 Å². The highest BCUT2D eigenvalue weighted by molar-refractivity contribution is 7.88. The Hall–Kier alpha value is -1.97. The fraction of sp³-hybridized carbons (Fsp3) is 0.556. The van der Waals surface area contributed by atoms with E-state index in [4.69, 9.17) is 10.5 Å². The Labute approximate surface area is 159 Å². The maximum absolute atomic E-state index is 12.7. The normalized spacial score (nSPS) is 21.7. The fourth-order valence-electron chi connectivity index (χ4n) is 3.54. The number of sulfonamides is 1. The van der Waals surface area contributed by atoms with Gasteiger partial charge in [0, 0.05) is 43.7 Å². The Balaban J connectivity index is 1.62. The first-order valence-corrected chi connectivity index (χ1v) is 10.9. The maximum atomic E-state index is 12.7. The molecule has 1 amide bonds. The van der Waals surface area contributed by atoms with Gasteiger partial charge in [0.25, 0.3) is 0 Å². The molecule has 148 valence electrons. The largest absolute Gasteiger partial charge is 0.481 e. The smallest absolute Gasteiger partial charge is 0.248 e. The quantitative estimate of drug-likeness (QED) is 0.739. The van der Waals surface area contributed by atoms with Crippen molar-refractivity contribution in [3.63, 3.8) is 0 Å². The molecule has 0 aliphatic carbocycles. The van der Waals surface area contributed by atoms with E-state index in [1.165, 1.54) is 10.6 Å². The second-order valence-corrected chi connectivity index (χ2v) is 9.18. The Kier molecular flexibility index (Phi) is 5.83. The molecule has 0 bridgehead atoms. The number of hydrogen-bond donors (Lipinski definition) is 2. The molecule has 27 heavy (non-hydrogen) atoms. The van der Waals surface area contributed by atoms with Gasteiger partial charge in [0.1, 0.15) is 5.75 Å². The van der Waals surface area contributed by atoms with Crippen LogP contribution in [0.2, 0.25) is 0 Å². The Morgan fingerprint density at radius 3 is 2.63 bits per heavy atom. The van der Waals surface area contributed by atoms with Crippen LogP contribution in [0.4, 0.5) is 0 Å². The molecule has 2 heterocycles. The zero-order valence-electron chi connectivity index (χ0n) is 15.3. The molecule has 1 aromatic rings. The summed E-state index contributed by atoms with van der Waals surface area (Å²) in [7, 11) is -3.17. The summed E-state index contributed by atoms with van der Waals surface area (Å²) >= 11 is 0. The monoisotopic (exact) mass is 395 g/mol. The number of amides is 1. The number of benzene rings is 1. The highest BCUT2D eigenvalue weighted by Gasteiger charge is 2.30. The summed E-state index contributed by atoms with van der Waals surface area (Å²) in [5.41, 5.74) is 6.54. The number of rotatable bonds is 5. The second-order valence-electron chi connectivity index (χ2n) is 7.20. The number of ketones is 1. The Morgan fingerprint density at radius 2 is 2.00 bits per heavy atom. The van der Waals surface area contributed by atoms with Crippen LogP contribution < -0.4 is 15.8 Å². The van der Waals surface area contributed by atoms with Crippen LogP contribution in [-0.4, -0.2) is 56.4 Å². The minimum atomic E-state index is -3.17. The molecular weight excluding hydrogens is 370 g/mol. The predicted octanol–water partition coefficient (Wildman–Crippen LogP) is 0.267. The summed E-state index contributed by atoms with van der Waals surface area (Å²) in [4.78, 5) is 24.1. The maximum Gasteiger partial charge on any atom is 0.248 e. The van der Waals surface area contributed by atoms with Crippen molar-refractivity contribution in [1.29, 1.82) is 0 Å². The Morgan fingerprint density at radius 1 is 1.30 bits per heavy atom. The van der Waals surface area contributed by atoms with E-state index < -0.39 is 22.0 Å². The van der Waals surface area contributed by atoms with Crippen LogP contribution in [0.25, 0.3) is 0 Å². The molecule has 9 heteroatoms. The lowest BCUT2D eigenvalue weighted by molar-refractivity contribution is -0.126. The van der Waals surface area contributed by atoms with E-state index in [-0.39, 0.29) is 11.7 Å². The van der Waals surface area contributed by atoms with Gasteiger partial charge < -0.3 is 15.8 Å². The highest BCUT2D eigenvalue weighted by Crippen LogP contribution is 2.27. The number of ether oxygens (including phenoxy) is 1. The first-order chi connectivity index (χ1) is 12.7. The molecule has 2 aliphatic rings. The number of nitrogens with zero attached hydrogens (tertiary/aromatic N) is 1. The van der Waals surface area contributed by atoms with Crippen molar-refractivity contribution in [3.8, 4) is 5.75 Å². The first kappa shape index (κ1) is 19.8. The molecule has 0 spiro atoms. The van der Waals surface area contributed by atoms with Crippen molar-refractivity contribution in [2.45, 2.75) is 31.9 Å². The van der Waals surface area contributed by atoms with Crippen molar-refractivity contribution < 1.29 is 22.7 Å². The van der Waals surface area contributed by atoms with Crippen molar-refractivity contribution in [2.24, 2.45) is 11.7 Å². The molecule has 3 rings (SSSR count). The zero-order valence-corrected chi connectivity index (χ0v) is 16.1. The second kappa shape index (κ2) is 7.95. The van der Waals surface area contributed by atoms with Crippen molar-refractivity contribution in [2.75, 3.05) is 25.9 Å². The van der Waals surface area contributed by atoms with Gasteiger partial charge in [-0.2, -0.15) is 0 Å².